The molecule has 0 aliphatic heterocycles. The normalized spacial score (nSPS) is 10.5. The van der Waals surface area contributed by atoms with Crippen molar-refractivity contribution in [3.63, 3.8) is 0 Å². The summed E-state index contributed by atoms with van der Waals surface area (Å²) >= 11 is 0. The highest BCUT2D eigenvalue weighted by molar-refractivity contribution is 6.09. The highest BCUT2D eigenvalue weighted by atomic mass is 16.5. The number of imide groups is 1. The number of carbonyl (C=O) groups excluding carboxylic acids is 4. The van der Waals surface area contributed by atoms with Crippen molar-refractivity contribution in [2.24, 2.45) is 31.9 Å². The molecular weight excluding hydrogens is 881 g/mol. The number of pyridine rings is 3. The number of amides is 4. The predicted octanol–water partition coefficient (Wildman–Crippen LogP) is 7.61. The van der Waals surface area contributed by atoms with E-state index >= 15 is 0 Å². The number of aliphatic imine (C=N–C) groups is 1. The van der Waals surface area contributed by atoms with Crippen molar-refractivity contribution in [3.05, 3.63) is 118 Å². The summed E-state index contributed by atoms with van der Waals surface area (Å²) in [4.78, 5) is 62.0. The number of benzene rings is 2. The summed E-state index contributed by atoms with van der Waals surface area (Å²) in [5.41, 5.74) is 13.9. The molecule has 6 heterocycles. The van der Waals surface area contributed by atoms with Gasteiger partial charge in [-0.05, 0) is 105 Å². The van der Waals surface area contributed by atoms with Crippen LogP contribution in [0.1, 0.15) is 82.4 Å². The van der Waals surface area contributed by atoms with Crippen LogP contribution in [0.3, 0.4) is 0 Å². The molecule has 8 aromatic rings. The zero-order valence-corrected chi connectivity index (χ0v) is 40.5. The predicted molar refractivity (Wildman–Crippen MR) is 261 cm³/mol. The molecule has 20 heteroatoms. The van der Waals surface area contributed by atoms with Gasteiger partial charge in [0.1, 0.15) is 17.6 Å². The molecular formula is C49H54N14O6. The van der Waals surface area contributed by atoms with Crippen molar-refractivity contribution in [1.29, 1.82) is 5.26 Å². The van der Waals surface area contributed by atoms with Crippen LogP contribution in [0, 0.1) is 45.9 Å². The quantitative estimate of drug-likeness (QED) is 0.0979. The maximum absolute atomic E-state index is 12.4. The van der Waals surface area contributed by atoms with Gasteiger partial charge in [0.05, 0.1) is 63.1 Å². The van der Waals surface area contributed by atoms with E-state index < -0.39 is 17.8 Å². The van der Waals surface area contributed by atoms with Gasteiger partial charge in [-0.15, -0.1) is 0 Å². The lowest BCUT2D eigenvalue weighted by atomic mass is 10.1. The number of hydrogen-bond donors (Lipinski definition) is 3. The lowest BCUT2D eigenvalue weighted by molar-refractivity contribution is 0.0964. The molecule has 0 aliphatic carbocycles. The van der Waals surface area contributed by atoms with Gasteiger partial charge in [-0.2, -0.15) is 25.6 Å². The zero-order chi connectivity index (χ0) is 50.7. The fourth-order valence-electron chi connectivity index (χ4n) is 6.87. The second-order valence-corrected chi connectivity index (χ2v) is 16.2. The Balaban J connectivity index is 0.000000181. The minimum Gasteiger partial charge on any atom is -0.491 e. The van der Waals surface area contributed by atoms with E-state index in [9.17, 15) is 19.2 Å². The second kappa shape index (κ2) is 22.6. The van der Waals surface area contributed by atoms with Gasteiger partial charge in [0.2, 0.25) is 6.08 Å². The van der Waals surface area contributed by atoms with E-state index in [4.69, 9.17) is 20.5 Å². The molecule has 0 aliphatic rings. The van der Waals surface area contributed by atoms with E-state index in [1.807, 2.05) is 81.6 Å². The Morgan fingerprint density at radius 1 is 0.696 bits per heavy atom. The lowest BCUT2D eigenvalue weighted by Gasteiger charge is -2.11. The molecule has 0 bridgehead atoms. The number of aromatic nitrogens is 9. The van der Waals surface area contributed by atoms with E-state index in [0.29, 0.717) is 45.3 Å². The molecule has 0 fully saturated rings. The van der Waals surface area contributed by atoms with E-state index in [2.05, 4.69) is 51.9 Å². The number of fused-ring (bicyclic) bond motifs is 3. The number of carbonyl (C=O) groups is 3. The van der Waals surface area contributed by atoms with Gasteiger partial charge in [0.15, 0.2) is 16.9 Å². The fourth-order valence-corrected chi connectivity index (χ4v) is 6.87. The van der Waals surface area contributed by atoms with Gasteiger partial charge < -0.3 is 20.5 Å². The number of nitrogens with one attached hydrogen (secondary N) is 2. The van der Waals surface area contributed by atoms with Crippen LogP contribution in [-0.4, -0.2) is 80.4 Å². The molecule has 6 aromatic heterocycles. The topological polar surface area (TPSA) is 265 Å². The largest absolute Gasteiger partial charge is 0.491 e. The third kappa shape index (κ3) is 13.2. The van der Waals surface area contributed by atoms with Gasteiger partial charge in [-0.25, -0.2) is 24.5 Å². The number of isocyanates is 1. The summed E-state index contributed by atoms with van der Waals surface area (Å²) in [5, 5.41) is 29.1. The Morgan fingerprint density at radius 3 is 1.77 bits per heavy atom. The molecule has 4 N–H and O–H groups in total. The molecule has 8 rings (SSSR count). The van der Waals surface area contributed by atoms with Crippen LogP contribution in [0.5, 0.6) is 11.5 Å². The van der Waals surface area contributed by atoms with Crippen molar-refractivity contribution >= 4 is 68.4 Å². The summed E-state index contributed by atoms with van der Waals surface area (Å²) in [6.45, 7) is 16.9. The average molecular weight is 935 g/mol. The third-order valence-corrected chi connectivity index (χ3v) is 9.94. The number of hydrogen-bond acceptors (Lipinski definition) is 14. The van der Waals surface area contributed by atoms with Crippen LogP contribution >= 0.6 is 0 Å². The van der Waals surface area contributed by atoms with Crippen molar-refractivity contribution in [3.8, 4) is 17.6 Å². The number of anilines is 1. The standard InChI is InChI=1S/C19H21N5O3.C10H12N4O.C10H10N4.C10H11NO2/c1-11(2)27-15-7-5-6-14(9-15)21-19(26)22-18(25)13-8-16-12(3)23-24(4)17(16)20-10-13;1-5-7(9(11)15)4-8-6(2)13-14(3)10(8)12-5;1-6-8(5-11)4-9-7(2)13-14(3)10(9)12-6;1-8(2)13-10-5-3-4-9(6-10)11-7-12/h5-11H,1-4H3,(H2,21,22,25,26);4H,1-3H3,(H2,11,15);4H,1-3H3;3-6,8H,1-2H3. The van der Waals surface area contributed by atoms with Gasteiger partial charge in [-0.1, -0.05) is 12.1 Å². The molecule has 0 atom stereocenters. The molecule has 4 amide bonds. The SMILES string of the molecule is CC(C)Oc1cccc(N=C=O)c1.Cc1nc2c(cc1C#N)c(C)nn2C.Cc1nc2c(cc1C(N)=O)c(C)nn2C.Cc1nn(C)c2ncc(C(=O)NC(=O)Nc3cccc(OC(C)C)c3)cc12. The molecule has 0 spiro atoms. The molecule has 69 heavy (non-hydrogen) atoms. The molecule has 2 aromatic carbocycles. The number of aryl methyl sites for hydroxylation is 8. The van der Waals surface area contributed by atoms with Gasteiger partial charge >= 0.3 is 6.03 Å². The molecule has 356 valence electrons. The van der Waals surface area contributed by atoms with Gasteiger partial charge in [-0.3, -0.25) is 29.0 Å². The van der Waals surface area contributed by atoms with Crippen molar-refractivity contribution in [1.82, 2.24) is 49.6 Å². The maximum atomic E-state index is 12.4. The Kier molecular flexibility index (Phi) is 16.7. The summed E-state index contributed by atoms with van der Waals surface area (Å²) in [5.74, 6) is 0.354. The second-order valence-electron chi connectivity index (χ2n) is 16.2. The first kappa shape index (κ1) is 51.2. The summed E-state index contributed by atoms with van der Waals surface area (Å²) in [6.07, 6.45) is 3.05. The van der Waals surface area contributed by atoms with Crippen molar-refractivity contribution in [2.45, 2.75) is 74.5 Å². The Hall–Kier alpha value is -8.82. The average Bonchev–Trinajstić information content (AvgIpc) is 3.84. The van der Waals surface area contributed by atoms with Crippen molar-refractivity contribution < 1.29 is 28.7 Å². The number of nitrogens with two attached hydrogens (primary N) is 1. The molecule has 0 saturated carbocycles. The number of primary amides is 1. The number of nitrogens with zero attached hydrogens (tertiary/aromatic N) is 11. The minimum atomic E-state index is -0.635. The Bertz CT molecular complexity index is 3280. The van der Waals surface area contributed by atoms with Crippen LogP contribution < -0.4 is 25.8 Å². The molecule has 20 nitrogen and oxygen atoms in total. The number of urea groups is 1. The van der Waals surface area contributed by atoms with Crippen LogP contribution in [0.2, 0.25) is 0 Å². The highest BCUT2D eigenvalue weighted by Crippen LogP contribution is 2.23. The first-order valence-electron chi connectivity index (χ1n) is 21.5. The fraction of sp³-hybridized carbons (Fsp3) is 0.286. The minimum absolute atomic E-state index is 0.0222. The van der Waals surface area contributed by atoms with Crippen molar-refractivity contribution in [2.75, 3.05) is 5.32 Å². The summed E-state index contributed by atoms with van der Waals surface area (Å²) in [6, 6.07) is 20.8. The van der Waals surface area contributed by atoms with Crippen LogP contribution in [0.4, 0.5) is 16.2 Å². The zero-order valence-electron chi connectivity index (χ0n) is 40.5. The van der Waals surface area contributed by atoms with Crippen LogP contribution in [-0.2, 0) is 25.9 Å². The maximum Gasteiger partial charge on any atom is 0.326 e. The van der Waals surface area contributed by atoms with E-state index in [0.717, 1.165) is 50.2 Å². The number of nitriles is 1. The third-order valence-electron chi connectivity index (χ3n) is 9.94. The van der Waals surface area contributed by atoms with Crippen LogP contribution in [0.15, 0.2) is 77.9 Å². The summed E-state index contributed by atoms with van der Waals surface area (Å²) in [7, 11) is 5.46. The first-order valence-corrected chi connectivity index (χ1v) is 21.5. The lowest BCUT2D eigenvalue weighted by Crippen LogP contribution is -2.34. The molecule has 0 radical (unpaired) electrons. The molecule has 0 unspecified atom stereocenters. The Labute approximate surface area is 398 Å². The summed E-state index contributed by atoms with van der Waals surface area (Å²) < 4.78 is 16.1. The smallest absolute Gasteiger partial charge is 0.326 e. The molecule has 0 saturated heterocycles. The number of rotatable bonds is 8. The van der Waals surface area contributed by atoms with E-state index in [-0.39, 0.29) is 17.8 Å². The monoisotopic (exact) mass is 934 g/mol. The number of ether oxygens (including phenoxy) is 2. The highest BCUT2D eigenvalue weighted by Gasteiger charge is 2.16. The van der Waals surface area contributed by atoms with E-state index in [1.54, 1.807) is 82.6 Å². The van der Waals surface area contributed by atoms with Gasteiger partial charge in [0.25, 0.3) is 11.8 Å². The van der Waals surface area contributed by atoms with Crippen LogP contribution in [0.25, 0.3) is 33.1 Å². The van der Waals surface area contributed by atoms with Gasteiger partial charge in [0, 0.05) is 61.3 Å². The van der Waals surface area contributed by atoms with E-state index in [1.165, 1.54) is 12.3 Å². The first-order chi connectivity index (χ1) is 32.7. The Morgan fingerprint density at radius 2 is 1.22 bits per heavy atom.